The van der Waals surface area contributed by atoms with Gasteiger partial charge < -0.3 is 24.6 Å². The summed E-state index contributed by atoms with van der Waals surface area (Å²) in [5.41, 5.74) is 0.387. The molecule has 2 rings (SSSR count). The number of carbonyl (C=O) groups is 1. The number of carbonyl (C=O) groups excluding carboxylic acids is 1. The number of hydrogen-bond acceptors (Lipinski definition) is 4. The number of ether oxygens (including phenoxy) is 2. The lowest BCUT2D eigenvalue weighted by molar-refractivity contribution is 0.0913. The lowest BCUT2D eigenvalue weighted by Crippen LogP contribution is -2.54. The maximum Gasteiger partial charge on any atom is 0.409 e. The fraction of sp³-hybridized carbons (Fsp3) is 0.882. The fourth-order valence-corrected chi connectivity index (χ4v) is 3.04. The van der Waals surface area contributed by atoms with Gasteiger partial charge in [0.1, 0.15) is 0 Å². The Morgan fingerprint density at radius 2 is 1.76 bits per heavy atom. The minimum absolute atomic E-state index is 0. The van der Waals surface area contributed by atoms with Gasteiger partial charge in [-0.05, 0) is 38.5 Å². The summed E-state index contributed by atoms with van der Waals surface area (Å²) in [5, 5.41) is 3.52. The largest absolute Gasteiger partial charge is 0.450 e. The highest BCUT2D eigenvalue weighted by atomic mass is 127. The summed E-state index contributed by atoms with van der Waals surface area (Å²) in [4.78, 5) is 20.2. The van der Waals surface area contributed by atoms with E-state index in [-0.39, 0.29) is 30.1 Å². The molecule has 1 N–H and O–H groups in total. The minimum Gasteiger partial charge on any atom is -0.450 e. The van der Waals surface area contributed by atoms with Gasteiger partial charge in [-0.1, -0.05) is 0 Å². The first-order valence-electron chi connectivity index (χ1n) is 9.09. The van der Waals surface area contributed by atoms with Crippen LogP contribution in [0.15, 0.2) is 4.99 Å². The number of aliphatic imine (C=N–C) groups is 1. The summed E-state index contributed by atoms with van der Waals surface area (Å²) in [7, 11) is 1.82. The normalized spacial score (nSPS) is 19.2. The van der Waals surface area contributed by atoms with Crippen LogP contribution in [0.5, 0.6) is 0 Å². The molecule has 0 atom stereocenters. The van der Waals surface area contributed by atoms with Gasteiger partial charge in [0.05, 0.1) is 6.61 Å². The minimum atomic E-state index is -0.215. The molecule has 0 aromatic carbocycles. The van der Waals surface area contributed by atoms with Gasteiger partial charge in [0.15, 0.2) is 5.96 Å². The first kappa shape index (κ1) is 22.3. The Balaban J connectivity index is 0.00000312. The van der Waals surface area contributed by atoms with Crippen LogP contribution in [0, 0.1) is 5.41 Å². The smallest absolute Gasteiger partial charge is 0.409 e. The van der Waals surface area contributed by atoms with E-state index in [2.05, 4.69) is 15.2 Å². The lowest BCUT2D eigenvalue weighted by atomic mass is 10.0. The summed E-state index contributed by atoms with van der Waals surface area (Å²) in [6.07, 6.45) is 3.43. The molecule has 1 saturated heterocycles. The zero-order valence-electron chi connectivity index (χ0n) is 15.8. The van der Waals surface area contributed by atoms with E-state index in [4.69, 9.17) is 9.47 Å². The quantitative estimate of drug-likeness (QED) is 0.269. The molecule has 0 spiro atoms. The second-order valence-electron chi connectivity index (χ2n) is 6.52. The van der Waals surface area contributed by atoms with Crippen LogP contribution in [0.25, 0.3) is 0 Å². The zero-order chi connectivity index (χ0) is 17.4. The van der Waals surface area contributed by atoms with Crippen LogP contribution < -0.4 is 5.32 Å². The third kappa shape index (κ3) is 6.80. The highest BCUT2D eigenvalue weighted by Crippen LogP contribution is 2.48. The van der Waals surface area contributed by atoms with Crippen LogP contribution in [-0.2, 0) is 9.47 Å². The van der Waals surface area contributed by atoms with Crippen LogP contribution in [0.1, 0.15) is 33.1 Å². The number of rotatable bonds is 7. The Labute approximate surface area is 168 Å². The van der Waals surface area contributed by atoms with Crippen molar-refractivity contribution in [3.8, 4) is 0 Å². The van der Waals surface area contributed by atoms with Crippen molar-refractivity contribution in [1.82, 2.24) is 15.1 Å². The van der Waals surface area contributed by atoms with Crippen LogP contribution in [-0.4, -0.2) is 81.4 Å². The number of halogens is 1. The lowest BCUT2D eigenvalue weighted by Gasteiger charge is -2.36. The molecule has 146 valence electrons. The van der Waals surface area contributed by atoms with Crippen molar-refractivity contribution < 1.29 is 14.3 Å². The third-order valence-corrected chi connectivity index (χ3v) is 4.88. The highest BCUT2D eigenvalue weighted by molar-refractivity contribution is 14.0. The molecule has 7 nitrogen and oxygen atoms in total. The van der Waals surface area contributed by atoms with Gasteiger partial charge in [0, 0.05) is 53.0 Å². The number of nitrogens with zero attached hydrogens (tertiary/aromatic N) is 3. The van der Waals surface area contributed by atoms with Gasteiger partial charge in [-0.15, -0.1) is 24.0 Å². The molecule has 0 radical (unpaired) electrons. The Morgan fingerprint density at radius 1 is 1.12 bits per heavy atom. The maximum atomic E-state index is 11.8. The standard InChI is InChI=1S/C17H32N4O3.HI/c1-4-23-13-8-17(6-7-17)14-19-15(18-3)20-9-11-21(12-10-20)16(22)24-5-2;/h4-14H2,1-3H3,(H,18,19);1H. The Kier molecular flexibility index (Phi) is 9.84. The van der Waals surface area contributed by atoms with Crippen molar-refractivity contribution in [3.63, 3.8) is 0 Å². The molecule has 2 fully saturated rings. The fourth-order valence-electron chi connectivity index (χ4n) is 3.04. The van der Waals surface area contributed by atoms with Gasteiger partial charge >= 0.3 is 6.09 Å². The van der Waals surface area contributed by atoms with E-state index in [1.54, 1.807) is 4.90 Å². The van der Waals surface area contributed by atoms with E-state index in [0.717, 1.165) is 45.2 Å². The Hall–Kier alpha value is -0.770. The summed E-state index contributed by atoms with van der Waals surface area (Å²) in [5.74, 6) is 0.932. The van der Waals surface area contributed by atoms with Gasteiger partial charge in [-0.2, -0.15) is 0 Å². The molecule has 25 heavy (non-hydrogen) atoms. The second kappa shape index (κ2) is 11.1. The molecule has 0 aromatic rings. The molecule has 1 aliphatic heterocycles. The van der Waals surface area contributed by atoms with Gasteiger partial charge in [0.25, 0.3) is 0 Å². The zero-order valence-corrected chi connectivity index (χ0v) is 18.1. The van der Waals surface area contributed by atoms with Gasteiger partial charge in [-0.3, -0.25) is 4.99 Å². The predicted octanol–water partition coefficient (Wildman–Crippen LogP) is 2.16. The number of hydrogen-bond donors (Lipinski definition) is 1. The summed E-state index contributed by atoms with van der Waals surface area (Å²) in [6, 6.07) is 0. The average molecular weight is 468 g/mol. The van der Waals surface area contributed by atoms with E-state index < -0.39 is 0 Å². The molecular weight excluding hydrogens is 435 g/mol. The number of guanidine groups is 1. The first-order chi connectivity index (χ1) is 11.6. The highest BCUT2D eigenvalue weighted by Gasteiger charge is 2.42. The summed E-state index contributed by atoms with van der Waals surface area (Å²) < 4.78 is 10.6. The SMILES string of the molecule is CCOCCC1(CNC(=NC)N2CCN(C(=O)OCC)CC2)CC1.I. The average Bonchev–Trinajstić information content (AvgIpc) is 3.36. The summed E-state index contributed by atoms with van der Waals surface area (Å²) >= 11 is 0. The molecule has 8 heteroatoms. The van der Waals surface area contributed by atoms with Crippen molar-refractivity contribution in [2.75, 3.05) is 59.6 Å². The van der Waals surface area contributed by atoms with E-state index in [9.17, 15) is 4.79 Å². The van der Waals surface area contributed by atoms with Gasteiger partial charge in [-0.25, -0.2) is 4.79 Å². The third-order valence-electron chi connectivity index (χ3n) is 4.88. The van der Waals surface area contributed by atoms with Crippen LogP contribution in [0.4, 0.5) is 4.79 Å². The molecule has 1 heterocycles. The van der Waals surface area contributed by atoms with E-state index >= 15 is 0 Å². The molecule has 2 aliphatic rings. The Morgan fingerprint density at radius 3 is 2.28 bits per heavy atom. The van der Waals surface area contributed by atoms with Crippen molar-refractivity contribution in [2.24, 2.45) is 10.4 Å². The van der Waals surface area contributed by atoms with E-state index in [1.807, 2.05) is 20.9 Å². The van der Waals surface area contributed by atoms with E-state index in [0.29, 0.717) is 25.1 Å². The van der Waals surface area contributed by atoms with Crippen molar-refractivity contribution in [2.45, 2.75) is 33.1 Å². The maximum absolute atomic E-state index is 11.8. The predicted molar refractivity (Wildman–Crippen MR) is 110 cm³/mol. The topological polar surface area (TPSA) is 66.4 Å². The molecule has 0 bridgehead atoms. The summed E-state index contributed by atoms with van der Waals surface area (Å²) in [6.45, 7) is 9.79. The number of nitrogens with one attached hydrogen (secondary N) is 1. The van der Waals surface area contributed by atoms with Crippen LogP contribution in [0.2, 0.25) is 0 Å². The van der Waals surface area contributed by atoms with Crippen LogP contribution in [0.3, 0.4) is 0 Å². The van der Waals surface area contributed by atoms with E-state index in [1.165, 1.54) is 12.8 Å². The van der Waals surface area contributed by atoms with Crippen molar-refractivity contribution in [1.29, 1.82) is 0 Å². The monoisotopic (exact) mass is 468 g/mol. The van der Waals surface area contributed by atoms with Crippen molar-refractivity contribution >= 4 is 36.0 Å². The number of amides is 1. The molecular formula is C17H33IN4O3. The second-order valence-corrected chi connectivity index (χ2v) is 6.52. The molecule has 0 aromatic heterocycles. The molecule has 1 aliphatic carbocycles. The van der Waals surface area contributed by atoms with Crippen LogP contribution >= 0.6 is 24.0 Å². The molecule has 1 amide bonds. The first-order valence-corrected chi connectivity index (χ1v) is 9.09. The Bertz CT molecular complexity index is 436. The van der Waals surface area contributed by atoms with Crippen molar-refractivity contribution in [3.05, 3.63) is 0 Å². The van der Waals surface area contributed by atoms with Gasteiger partial charge in [0.2, 0.25) is 0 Å². The number of piperazine rings is 1. The molecule has 1 saturated carbocycles. The molecule has 0 unspecified atom stereocenters.